The number of carbonyl (C=O) groups is 1. The fourth-order valence-corrected chi connectivity index (χ4v) is 2.31. The summed E-state index contributed by atoms with van der Waals surface area (Å²) >= 11 is 0. The lowest BCUT2D eigenvalue weighted by molar-refractivity contribution is 0.190. The number of benzene rings is 1. The standard InChI is InChI=1S/C17H19N3O3/c1-3-5-15(20-17(21)22)11-6-4-7-12(8-11)16-14(18)9-13(23-2)10-19-16/h3-4,6-10,15,20H,1,5,18H2,2H3,(H,21,22)/t15-/m0/s1. The van der Waals surface area contributed by atoms with E-state index in [1.54, 1.807) is 25.4 Å². The highest BCUT2D eigenvalue weighted by Gasteiger charge is 2.14. The minimum absolute atomic E-state index is 0.371. The summed E-state index contributed by atoms with van der Waals surface area (Å²) in [5, 5.41) is 11.5. The number of hydrogen-bond acceptors (Lipinski definition) is 4. The Hall–Kier alpha value is -3.02. The van der Waals surface area contributed by atoms with Crippen LogP contribution in [0, 0.1) is 0 Å². The lowest BCUT2D eigenvalue weighted by Crippen LogP contribution is -2.26. The van der Waals surface area contributed by atoms with Crippen LogP contribution in [0.2, 0.25) is 0 Å². The van der Waals surface area contributed by atoms with Gasteiger partial charge in [-0.1, -0.05) is 24.3 Å². The SMILES string of the molecule is C=CC[C@H](NC(=O)O)c1cccc(-c2ncc(OC)cc2N)c1. The molecule has 0 bridgehead atoms. The third kappa shape index (κ3) is 4.00. The molecule has 1 aromatic heterocycles. The van der Waals surface area contributed by atoms with Crippen molar-refractivity contribution in [3.8, 4) is 17.0 Å². The Bertz CT molecular complexity index is 716. The first kappa shape index (κ1) is 16.4. The summed E-state index contributed by atoms with van der Waals surface area (Å²) in [6, 6.07) is 8.77. The number of rotatable bonds is 6. The van der Waals surface area contributed by atoms with Crippen molar-refractivity contribution in [3.05, 3.63) is 54.7 Å². The van der Waals surface area contributed by atoms with Crippen LogP contribution >= 0.6 is 0 Å². The quantitative estimate of drug-likeness (QED) is 0.711. The molecule has 1 aromatic carbocycles. The zero-order valence-electron chi connectivity index (χ0n) is 12.8. The molecule has 0 fully saturated rings. The van der Waals surface area contributed by atoms with Crippen molar-refractivity contribution in [1.29, 1.82) is 0 Å². The van der Waals surface area contributed by atoms with Crippen LogP contribution in [0.25, 0.3) is 11.3 Å². The van der Waals surface area contributed by atoms with E-state index in [0.29, 0.717) is 23.6 Å². The van der Waals surface area contributed by atoms with Gasteiger partial charge in [0.15, 0.2) is 0 Å². The van der Waals surface area contributed by atoms with E-state index < -0.39 is 6.09 Å². The Labute approximate surface area is 134 Å². The average molecular weight is 313 g/mol. The number of carboxylic acid groups (broad SMARTS) is 1. The van der Waals surface area contributed by atoms with Gasteiger partial charge in [0, 0.05) is 11.6 Å². The van der Waals surface area contributed by atoms with Crippen LogP contribution < -0.4 is 15.8 Å². The zero-order valence-corrected chi connectivity index (χ0v) is 12.8. The highest BCUT2D eigenvalue weighted by atomic mass is 16.5. The summed E-state index contributed by atoms with van der Waals surface area (Å²) in [5.41, 5.74) is 8.78. The maximum Gasteiger partial charge on any atom is 0.405 e. The first-order valence-corrected chi connectivity index (χ1v) is 7.05. The van der Waals surface area contributed by atoms with Crippen molar-refractivity contribution < 1.29 is 14.6 Å². The fourth-order valence-electron chi connectivity index (χ4n) is 2.31. The van der Waals surface area contributed by atoms with Gasteiger partial charge in [-0.15, -0.1) is 6.58 Å². The Morgan fingerprint density at radius 2 is 2.30 bits per heavy atom. The number of nitrogens with one attached hydrogen (secondary N) is 1. The second kappa shape index (κ2) is 7.31. The van der Waals surface area contributed by atoms with Gasteiger partial charge in [-0.05, 0) is 18.1 Å². The number of aromatic nitrogens is 1. The van der Waals surface area contributed by atoms with Gasteiger partial charge in [-0.25, -0.2) is 4.79 Å². The van der Waals surface area contributed by atoms with E-state index in [9.17, 15) is 4.79 Å². The lowest BCUT2D eigenvalue weighted by atomic mass is 9.99. The van der Waals surface area contributed by atoms with Gasteiger partial charge in [0.25, 0.3) is 0 Å². The smallest absolute Gasteiger partial charge is 0.405 e. The molecule has 0 unspecified atom stereocenters. The minimum Gasteiger partial charge on any atom is -0.495 e. The van der Waals surface area contributed by atoms with Crippen LogP contribution in [0.15, 0.2) is 49.2 Å². The third-order valence-corrected chi connectivity index (χ3v) is 3.39. The van der Waals surface area contributed by atoms with Crippen LogP contribution in [0.5, 0.6) is 5.75 Å². The normalized spacial score (nSPS) is 11.5. The van der Waals surface area contributed by atoms with Crippen molar-refractivity contribution >= 4 is 11.8 Å². The number of ether oxygens (including phenoxy) is 1. The van der Waals surface area contributed by atoms with Crippen LogP contribution in [0.4, 0.5) is 10.5 Å². The van der Waals surface area contributed by atoms with E-state index in [-0.39, 0.29) is 6.04 Å². The predicted octanol–water partition coefficient (Wildman–Crippen LogP) is 3.22. The van der Waals surface area contributed by atoms with Crippen LogP contribution in [-0.4, -0.2) is 23.3 Å². The molecular formula is C17H19N3O3. The molecule has 6 nitrogen and oxygen atoms in total. The molecule has 0 radical (unpaired) electrons. The number of pyridine rings is 1. The summed E-state index contributed by atoms with van der Waals surface area (Å²) in [5.74, 6) is 0.583. The second-order valence-corrected chi connectivity index (χ2v) is 4.96. The molecular weight excluding hydrogens is 294 g/mol. The van der Waals surface area contributed by atoms with E-state index in [4.69, 9.17) is 15.6 Å². The number of amides is 1. The topological polar surface area (TPSA) is 97.5 Å². The molecule has 4 N–H and O–H groups in total. The number of nitrogens with zero attached hydrogens (tertiary/aromatic N) is 1. The monoisotopic (exact) mass is 313 g/mol. The highest BCUT2D eigenvalue weighted by molar-refractivity contribution is 5.74. The Morgan fingerprint density at radius 1 is 1.52 bits per heavy atom. The van der Waals surface area contributed by atoms with Gasteiger partial charge < -0.3 is 20.9 Å². The molecule has 0 aliphatic carbocycles. The third-order valence-electron chi connectivity index (χ3n) is 3.39. The maximum absolute atomic E-state index is 10.9. The molecule has 2 rings (SSSR count). The molecule has 1 heterocycles. The first-order valence-electron chi connectivity index (χ1n) is 7.05. The van der Waals surface area contributed by atoms with E-state index in [0.717, 1.165) is 11.1 Å². The van der Waals surface area contributed by atoms with Gasteiger partial charge in [0.2, 0.25) is 0 Å². The van der Waals surface area contributed by atoms with Gasteiger partial charge in [0.1, 0.15) is 5.75 Å². The largest absolute Gasteiger partial charge is 0.495 e. The number of methoxy groups -OCH3 is 1. The molecule has 1 amide bonds. The Morgan fingerprint density at radius 3 is 2.91 bits per heavy atom. The number of hydrogen-bond donors (Lipinski definition) is 3. The summed E-state index contributed by atoms with van der Waals surface area (Å²) < 4.78 is 5.09. The number of nitrogens with two attached hydrogens (primary N) is 1. The van der Waals surface area contributed by atoms with Crippen molar-refractivity contribution in [2.45, 2.75) is 12.5 Å². The molecule has 0 saturated carbocycles. The lowest BCUT2D eigenvalue weighted by Gasteiger charge is -2.17. The summed E-state index contributed by atoms with van der Waals surface area (Å²) in [4.78, 5) is 15.3. The zero-order chi connectivity index (χ0) is 16.8. The Balaban J connectivity index is 2.38. The summed E-state index contributed by atoms with van der Waals surface area (Å²) in [6.45, 7) is 3.67. The van der Waals surface area contributed by atoms with Gasteiger partial charge >= 0.3 is 6.09 Å². The predicted molar refractivity (Wildman–Crippen MR) is 89.4 cm³/mol. The van der Waals surface area contributed by atoms with E-state index in [1.165, 1.54) is 0 Å². The van der Waals surface area contributed by atoms with Crippen molar-refractivity contribution in [1.82, 2.24) is 10.3 Å². The summed E-state index contributed by atoms with van der Waals surface area (Å²) in [6.07, 6.45) is 2.67. The molecule has 0 spiro atoms. The molecule has 2 aromatic rings. The molecule has 0 aliphatic heterocycles. The molecule has 1 atom stereocenters. The second-order valence-electron chi connectivity index (χ2n) is 4.96. The summed E-state index contributed by atoms with van der Waals surface area (Å²) in [7, 11) is 1.55. The molecule has 120 valence electrons. The van der Waals surface area contributed by atoms with Gasteiger partial charge in [0.05, 0.1) is 30.7 Å². The molecule has 0 saturated heterocycles. The fraction of sp³-hybridized carbons (Fsp3) is 0.176. The van der Waals surface area contributed by atoms with Crippen molar-refractivity contribution in [2.75, 3.05) is 12.8 Å². The Kier molecular flexibility index (Phi) is 5.19. The highest BCUT2D eigenvalue weighted by Crippen LogP contribution is 2.29. The first-order chi connectivity index (χ1) is 11.0. The van der Waals surface area contributed by atoms with Gasteiger partial charge in [-0.2, -0.15) is 0 Å². The van der Waals surface area contributed by atoms with Crippen molar-refractivity contribution in [2.24, 2.45) is 0 Å². The van der Waals surface area contributed by atoms with E-state index in [2.05, 4.69) is 16.9 Å². The number of nitrogen functional groups attached to an aromatic ring is 1. The van der Waals surface area contributed by atoms with Crippen LogP contribution in [0.3, 0.4) is 0 Å². The average Bonchev–Trinajstić information content (AvgIpc) is 2.54. The van der Waals surface area contributed by atoms with Crippen molar-refractivity contribution in [3.63, 3.8) is 0 Å². The van der Waals surface area contributed by atoms with Crippen LogP contribution in [-0.2, 0) is 0 Å². The molecule has 0 aliphatic rings. The number of anilines is 1. The van der Waals surface area contributed by atoms with E-state index in [1.807, 2.05) is 24.3 Å². The van der Waals surface area contributed by atoms with Gasteiger partial charge in [-0.3, -0.25) is 4.98 Å². The van der Waals surface area contributed by atoms with Crippen LogP contribution in [0.1, 0.15) is 18.0 Å². The van der Waals surface area contributed by atoms with E-state index >= 15 is 0 Å². The maximum atomic E-state index is 10.9. The molecule has 6 heteroatoms. The molecule has 23 heavy (non-hydrogen) atoms. The minimum atomic E-state index is -1.08.